The highest BCUT2D eigenvalue weighted by Gasteiger charge is 2.29. The zero-order valence-electron chi connectivity index (χ0n) is 15.6. The Labute approximate surface area is 163 Å². The molecule has 4 rings (SSSR count). The van der Waals surface area contributed by atoms with E-state index in [-0.39, 0.29) is 5.91 Å². The number of anilines is 2. The number of amides is 1. The highest BCUT2D eigenvalue weighted by molar-refractivity contribution is 7.22. The predicted octanol–water partition coefficient (Wildman–Crippen LogP) is 4.05. The van der Waals surface area contributed by atoms with Crippen LogP contribution in [-0.4, -0.2) is 37.2 Å². The molecule has 0 spiro atoms. The van der Waals surface area contributed by atoms with Crippen molar-refractivity contribution in [1.29, 1.82) is 0 Å². The van der Waals surface area contributed by atoms with Crippen molar-refractivity contribution in [2.45, 2.75) is 19.3 Å². The lowest BCUT2D eigenvalue weighted by atomic mass is 9.83. The van der Waals surface area contributed by atoms with Crippen LogP contribution in [0.1, 0.15) is 19.4 Å². The Balaban J connectivity index is 1.54. The third-order valence-electron chi connectivity index (χ3n) is 4.98. The standard InChI is InChI=1S/C21H23N3O2S/c1-21(2,15-6-4-3-5-7-15)19(25)22-16-8-9-17-18(14-16)27-20(23-17)24-10-12-26-13-11-24/h3-9,14H,10-13H2,1-2H3,(H,22,25). The second-order valence-corrected chi connectivity index (χ2v) is 8.23. The molecule has 0 radical (unpaired) electrons. The lowest BCUT2D eigenvalue weighted by Crippen LogP contribution is -2.36. The van der Waals surface area contributed by atoms with E-state index in [1.807, 2.05) is 62.4 Å². The molecule has 0 aliphatic carbocycles. The maximum atomic E-state index is 12.9. The second-order valence-electron chi connectivity index (χ2n) is 7.22. The van der Waals surface area contributed by atoms with Gasteiger partial charge in [-0.3, -0.25) is 4.79 Å². The number of benzene rings is 2. The van der Waals surface area contributed by atoms with E-state index in [2.05, 4.69) is 10.2 Å². The largest absolute Gasteiger partial charge is 0.378 e. The molecule has 1 amide bonds. The molecule has 5 nitrogen and oxygen atoms in total. The van der Waals surface area contributed by atoms with E-state index in [1.54, 1.807) is 11.3 Å². The van der Waals surface area contributed by atoms with Crippen LogP contribution in [0.5, 0.6) is 0 Å². The molecule has 6 heteroatoms. The van der Waals surface area contributed by atoms with Crippen LogP contribution in [0.4, 0.5) is 10.8 Å². The van der Waals surface area contributed by atoms with Crippen LogP contribution in [0.15, 0.2) is 48.5 Å². The van der Waals surface area contributed by atoms with Crippen LogP contribution in [0, 0.1) is 0 Å². The summed E-state index contributed by atoms with van der Waals surface area (Å²) < 4.78 is 6.49. The van der Waals surface area contributed by atoms with Gasteiger partial charge in [-0.2, -0.15) is 0 Å². The summed E-state index contributed by atoms with van der Waals surface area (Å²) in [6.07, 6.45) is 0. The smallest absolute Gasteiger partial charge is 0.234 e. The fourth-order valence-electron chi connectivity index (χ4n) is 3.15. The molecule has 0 saturated carbocycles. The van der Waals surface area contributed by atoms with Crippen molar-refractivity contribution in [3.05, 3.63) is 54.1 Å². The quantitative estimate of drug-likeness (QED) is 0.741. The average Bonchev–Trinajstić information content (AvgIpc) is 3.13. The molecule has 1 N–H and O–H groups in total. The fourth-order valence-corrected chi connectivity index (χ4v) is 4.21. The van der Waals surface area contributed by atoms with E-state index in [0.717, 1.165) is 52.9 Å². The highest BCUT2D eigenvalue weighted by atomic mass is 32.1. The van der Waals surface area contributed by atoms with E-state index >= 15 is 0 Å². The van der Waals surface area contributed by atoms with Crippen LogP contribution in [0.25, 0.3) is 10.2 Å². The van der Waals surface area contributed by atoms with Gasteiger partial charge in [0.15, 0.2) is 5.13 Å². The van der Waals surface area contributed by atoms with Crippen molar-refractivity contribution in [1.82, 2.24) is 4.98 Å². The number of ether oxygens (including phenoxy) is 1. The van der Waals surface area contributed by atoms with Crippen molar-refractivity contribution in [2.24, 2.45) is 0 Å². The summed E-state index contributed by atoms with van der Waals surface area (Å²) in [6, 6.07) is 15.8. The Bertz CT molecular complexity index is 946. The maximum absolute atomic E-state index is 12.9. The summed E-state index contributed by atoms with van der Waals surface area (Å²) in [5.74, 6) is -0.0223. The number of fused-ring (bicyclic) bond motifs is 1. The molecular weight excluding hydrogens is 358 g/mol. The van der Waals surface area contributed by atoms with Gasteiger partial charge in [0.25, 0.3) is 0 Å². The molecule has 2 aromatic carbocycles. The first-order valence-corrected chi connectivity index (χ1v) is 9.96. The SMILES string of the molecule is CC(C)(C(=O)Nc1ccc2nc(N3CCOCC3)sc2c1)c1ccccc1. The molecule has 1 aliphatic heterocycles. The van der Waals surface area contributed by atoms with Gasteiger partial charge in [0.05, 0.1) is 28.8 Å². The van der Waals surface area contributed by atoms with Gasteiger partial charge in [-0.1, -0.05) is 41.7 Å². The van der Waals surface area contributed by atoms with Gasteiger partial charge in [-0.05, 0) is 37.6 Å². The fraction of sp³-hybridized carbons (Fsp3) is 0.333. The Morgan fingerprint density at radius 3 is 2.63 bits per heavy atom. The number of aromatic nitrogens is 1. The van der Waals surface area contributed by atoms with Crippen LogP contribution in [0.3, 0.4) is 0 Å². The van der Waals surface area contributed by atoms with E-state index in [9.17, 15) is 4.79 Å². The molecule has 140 valence electrons. The van der Waals surface area contributed by atoms with Crippen molar-refractivity contribution in [2.75, 3.05) is 36.5 Å². The average molecular weight is 382 g/mol. The Morgan fingerprint density at radius 2 is 1.89 bits per heavy atom. The lowest BCUT2D eigenvalue weighted by molar-refractivity contribution is -0.120. The van der Waals surface area contributed by atoms with E-state index in [1.165, 1.54) is 0 Å². The Kier molecular flexibility index (Phi) is 4.85. The van der Waals surface area contributed by atoms with Crippen LogP contribution in [0.2, 0.25) is 0 Å². The van der Waals surface area contributed by atoms with Crippen molar-refractivity contribution in [3.8, 4) is 0 Å². The summed E-state index contributed by atoms with van der Waals surface area (Å²) in [5, 5.41) is 4.08. The minimum atomic E-state index is -0.608. The monoisotopic (exact) mass is 381 g/mol. The molecular formula is C21H23N3O2S. The molecule has 27 heavy (non-hydrogen) atoms. The van der Waals surface area contributed by atoms with Gasteiger partial charge in [-0.25, -0.2) is 4.98 Å². The first-order valence-electron chi connectivity index (χ1n) is 9.14. The molecule has 0 bridgehead atoms. The zero-order valence-corrected chi connectivity index (χ0v) is 16.4. The van der Waals surface area contributed by atoms with Gasteiger partial charge in [0, 0.05) is 18.8 Å². The second kappa shape index (κ2) is 7.29. The Hall–Kier alpha value is -2.44. The van der Waals surface area contributed by atoms with Gasteiger partial charge < -0.3 is 15.0 Å². The van der Waals surface area contributed by atoms with Crippen LogP contribution < -0.4 is 10.2 Å². The normalized spacial score (nSPS) is 15.1. The number of thiazole rings is 1. The van der Waals surface area contributed by atoms with Crippen LogP contribution >= 0.6 is 11.3 Å². The van der Waals surface area contributed by atoms with E-state index in [4.69, 9.17) is 9.72 Å². The topological polar surface area (TPSA) is 54.5 Å². The molecule has 1 aliphatic rings. The first kappa shape index (κ1) is 17.9. The summed E-state index contributed by atoms with van der Waals surface area (Å²) in [7, 11) is 0. The van der Waals surface area contributed by atoms with E-state index < -0.39 is 5.41 Å². The van der Waals surface area contributed by atoms with Gasteiger partial charge >= 0.3 is 0 Å². The number of nitrogens with zero attached hydrogens (tertiary/aromatic N) is 2. The summed E-state index contributed by atoms with van der Waals surface area (Å²) >= 11 is 1.66. The Morgan fingerprint density at radius 1 is 1.15 bits per heavy atom. The lowest BCUT2D eigenvalue weighted by Gasteiger charge is -2.25. The number of hydrogen-bond acceptors (Lipinski definition) is 5. The number of hydrogen-bond donors (Lipinski definition) is 1. The van der Waals surface area contributed by atoms with Gasteiger partial charge in [0.2, 0.25) is 5.91 Å². The van der Waals surface area contributed by atoms with Gasteiger partial charge in [-0.15, -0.1) is 0 Å². The minimum Gasteiger partial charge on any atom is -0.378 e. The number of carbonyl (C=O) groups is 1. The van der Waals surface area contributed by atoms with Crippen molar-refractivity contribution < 1.29 is 9.53 Å². The number of rotatable bonds is 4. The molecule has 0 atom stereocenters. The maximum Gasteiger partial charge on any atom is 0.234 e. The molecule has 1 fully saturated rings. The molecule has 0 unspecified atom stereocenters. The number of morpholine rings is 1. The third-order valence-corrected chi connectivity index (χ3v) is 6.06. The van der Waals surface area contributed by atoms with Crippen molar-refractivity contribution in [3.63, 3.8) is 0 Å². The minimum absolute atomic E-state index is 0.0223. The summed E-state index contributed by atoms with van der Waals surface area (Å²) in [4.78, 5) is 19.9. The van der Waals surface area contributed by atoms with Crippen molar-refractivity contribution >= 4 is 38.3 Å². The third kappa shape index (κ3) is 3.68. The predicted molar refractivity (Wildman–Crippen MR) is 111 cm³/mol. The number of carbonyl (C=O) groups excluding carboxylic acids is 1. The van der Waals surface area contributed by atoms with E-state index in [0.29, 0.717) is 0 Å². The van der Waals surface area contributed by atoms with Crippen LogP contribution in [-0.2, 0) is 14.9 Å². The molecule has 2 heterocycles. The molecule has 1 aromatic heterocycles. The number of nitrogens with one attached hydrogen (secondary N) is 1. The summed E-state index contributed by atoms with van der Waals surface area (Å²) in [5.41, 5.74) is 2.15. The molecule has 3 aromatic rings. The highest BCUT2D eigenvalue weighted by Crippen LogP contribution is 2.32. The van der Waals surface area contributed by atoms with Gasteiger partial charge in [0.1, 0.15) is 0 Å². The first-order chi connectivity index (χ1) is 13.0. The summed E-state index contributed by atoms with van der Waals surface area (Å²) in [6.45, 7) is 7.11. The zero-order chi connectivity index (χ0) is 18.9. The molecule has 1 saturated heterocycles.